The molecule has 1 aliphatic carbocycles. The minimum atomic E-state index is -0.0118. The van der Waals surface area contributed by atoms with Gasteiger partial charge in [0.05, 0.1) is 5.56 Å². The largest absolute Gasteiger partial charge is 0.366 e. The molecular formula is C24H31N3O. The van der Waals surface area contributed by atoms with Crippen molar-refractivity contribution in [2.24, 2.45) is 11.8 Å². The Labute approximate surface area is 168 Å². The zero-order valence-electron chi connectivity index (χ0n) is 16.9. The second-order valence-electron chi connectivity index (χ2n) is 7.55. The molecule has 1 fully saturated rings. The minimum Gasteiger partial charge on any atom is -0.366 e. The number of nitrogens with one attached hydrogen (secondary N) is 2. The van der Waals surface area contributed by atoms with Crippen LogP contribution in [0.5, 0.6) is 0 Å². The average molecular weight is 378 g/mol. The molecule has 1 amide bonds. The zero-order valence-corrected chi connectivity index (χ0v) is 16.9. The Bertz CT molecular complexity index is 811. The molecule has 4 nitrogen and oxygen atoms in total. The number of aromatic nitrogens is 2. The number of nitrogens with zero attached hydrogens (tertiary/aromatic N) is 1. The summed E-state index contributed by atoms with van der Waals surface area (Å²) in [6, 6.07) is 3.86. The van der Waals surface area contributed by atoms with Gasteiger partial charge in [-0.05, 0) is 62.5 Å². The van der Waals surface area contributed by atoms with Gasteiger partial charge in [-0.15, -0.1) is 0 Å². The fraction of sp³-hybridized carbons (Fsp3) is 0.417. The van der Waals surface area contributed by atoms with Gasteiger partial charge in [-0.25, -0.2) is 0 Å². The van der Waals surface area contributed by atoms with E-state index in [0.717, 1.165) is 24.1 Å². The van der Waals surface area contributed by atoms with Crippen molar-refractivity contribution in [3.05, 3.63) is 66.3 Å². The number of carbonyl (C=O) groups is 1. The molecule has 2 aromatic rings. The third-order valence-corrected chi connectivity index (χ3v) is 5.71. The van der Waals surface area contributed by atoms with Crippen LogP contribution in [0.1, 0.15) is 56.3 Å². The molecule has 3 rings (SSSR count). The molecular weight excluding hydrogens is 346 g/mol. The summed E-state index contributed by atoms with van der Waals surface area (Å²) in [4.78, 5) is 19.9. The van der Waals surface area contributed by atoms with Gasteiger partial charge in [0.2, 0.25) is 0 Å². The van der Waals surface area contributed by atoms with Crippen molar-refractivity contribution in [3.8, 4) is 11.1 Å². The molecule has 28 heavy (non-hydrogen) atoms. The first-order chi connectivity index (χ1) is 13.7. The predicted molar refractivity (Wildman–Crippen MR) is 115 cm³/mol. The molecule has 0 spiro atoms. The van der Waals surface area contributed by atoms with Crippen LogP contribution in [0.15, 0.2) is 60.7 Å². The summed E-state index contributed by atoms with van der Waals surface area (Å²) in [6.07, 6.45) is 19.8. The van der Waals surface area contributed by atoms with Crippen molar-refractivity contribution >= 4 is 5.91 Å². The monoisotopic (exact) mass is 377 g/mol. The number of aromatic amines is 1. The fourth-order valence-electron chi connectivity index (χ4n) is 4.07. The number of allylic oxidation sites excluding steroid dienone is 4. The number of amides is 1. The Kier molecular flexibility index (Phi) is 7.24. The molecule has 0 atom stereocenters. The van der Waals surface area contributed by atoms with E-state index < -0.39 is 0 Å². The van der Waals surface area contributed by atoms with E-state index in [4.69, 9.17) is 0 Å². The molecule has 0 aliphatic heterocycles. The molecule has 148 valence electrons. The van der Waals surface area contributed by atoms with E-state index in [2.05, 4.69) is 47.4 Å². The topological polar surface area (TPSA) is 57.8 Å². The summed E-state index contributed by atoms with van der Waals surface area (Å²) < 4.78 is 0. The van der Waals surface area contributed by atoms with E-state index in [1.807, 2.05) is 18.3 Å². The highest BCUT2D eigenvalue weighted by Gasteiger charge is 2.23. The van der Waals surface area contributed by atoms with Crippen molar-refractivity contribution in [2.75, 3.05) is 6.54 Å². The molecule has 0 bridgehead atoms. The highest BCUT2D eigenvalue weighted by Crippen LogP contribution is 2.33. The first kappa shape index (κ1) is 20.1. The predicted octanol–water partition coefficient (Wildman–Crippen LogP) is 5.53. The summed E-state index contributed by atoms with van der Waals surface area (Å²) in [5.74, 6) is 1.22. The number of carbonyl (C=O) groups excluding carboxylic acids is 1. The highest BCUT2D eigenvalue weighted by atomic mass is 16.1. The third-order valence-electron chi connectivity index (χ3n) is 5.71. The molecule has 0 unspecified atom stereocenters. The Morgan fingerprint density at radius 2 is 2.11 bits per heavy atom. The van der Waals surface area contributed by atoms with E-state index in [-0.39, 0.29) is 5.91 Å². The van der Waals surface area contributed by atoms with E-state index in [1.54, 1.807) is 18.6 Å². The highest BCUT2D eigenvalue weighted by molar-refractivity contribution is 6.00. The molecule has 0 radical (unpaired) electrons. The van der Waals surface area contributed by atoms with E-state index in [9.17, 15) is 4.79 Å². The van der Waals surface area contributed by atoms with E-state index in [0.29, 0.717) is 17.4 Å². The van der Waals surface area contributed by atoms with Gasteiger partial charge >= 0.3 is 0 Å². The summed E-state index contributed by atoms with van der Waals surface area (Å²) in [7, 11) is 0. The smallest absolute Gasteiger partial charge is 0.253 e. The SMILES string of the molecule is C/C=C(\C=C/CC)C1CCC(CNC(=O)c2c[nH]cc2-c2cccnc2)CC1. The molecule has 0 aromatic carbocycles. The lowest BCUT2D eigenvalue weighted by Crippen LogP contribution is -2.31. The molecule has 2 aromatic heterocycles. The third kappa shape index (κ3) is 5.00. The normalized spacial score (nSPS) is 20.4. The summed E-state index contributed by atoms with van der Waals surface area (Å²) in [5.41, 5.74) is 4.00. The number of hydrogen-bond donors (Lipinski definition) is 2. The average Bonchev–Trinajstić information content (AvgIpc) is 3.24. The molecule has 0 saturated heterocycles. The Morgan fingerprint density at radius 3 is 2.79 bits per heavy atom. The van der Waals surface area contributed by atoms with Crippen molar-refractivity contribution in [1.29, 1.82) is 0 Å². The van der Waals surface area contributed by atoms with Crippen LogP contribution in [0.4, 0.5) is 0 Å². The van der Waals surface area contributed by atoms with Crippen molar-refractivity contribution in [1.82, 2.24) is 15.3 Å². The summed E-state index contributed by atoms with van der Waals surface area (Å²) in [6.45, 7) is 5.06. The lowest BCUT2D eigenvalue weighted by Gasteiger charge is -2.29. The zero-order chi connectivity index (χ0) is 19.8. The fourth-order valence-corrected chi connectivity index (χ4v) is 4.07. The first-order valence-electron chi connectivity index (χ1n) is 10.4. The van der Waals surface area contributed by atoms with Gasteiger partial charge in [0.1, 0.15) is 0 Å². The maximum atomic E-state index is 12.7. The molecule has 2 heterocycles. The van der Waals surface area contributed by atoms with Gasteiger partial charge in [0.15, 0.2) is 0 Å². The van der Waals surface area contributed by atoms with Crippen LogP contribution in [0.2, 0.25) is 0 Å². The summed E-state index contributed by atoms with van der Waals surface area (Å²) >= 11 is 0. The second-order valence-corrected chi connectivity index (χ2v) is 7.55. The van der Waals surface area contributed by atoms with Crippen LogP contribution in [-0.4, -0.2) is 22.4 Å². The quantitative estimate of drug-likeness (QED) is 0.624. The second kappa shape index (κ2) is 10.1. The Hall–Kier alpha value is -2.62. The molecule has 2 N–H and O–H groups in total. The van der Waals surface area contributed by atoms with Gasteiger partial charge in [0.25, 0.3) is 5.91 Å². The lowest BCUT2D eigenvalue weighted by molar-refractivity contribution is 0.0943. The Balaban J connectivity index is 1.52. The van der Waals surface area contributed by atoms with Crippen LogP contribution in [0.25, 0.3) is 11.1 Å². The minimum absolute atomic E-state index is 0.0118. The molecule has 1 saturated carbocycles. The van der Waals surface area contributed by atoms with Crippen LogP contribution in [-0.2, 0) is 0 Å². The van der Waals surface area contributed by atoms with E-state index >= 15 is 0 Å². The van der Waals surface area contributed by atoms with Crippen LogP contribution < -0.4 is 5.32 Å². The van der Waals surface area contributed by atoms with Gasteiger partial charge < -0.3 is 10.3 Å². The van der Waals surface area contributed by atoms with E-state index in [1.165, 1.54) is 31.3 Å². The van der Waals surface area contributed by atoms with Crippen LogP contribution >= 0.6 is 0 Å². The lowest BCUT2D eigenvalue weighted by atomic mass is 9.78. The van der Waals surface area contributed by atoms with Crippen LogP contribution in [0.3, 0.4) is 0 Å². The van der Waals surface area contributed by atoms with Gasteiger partial charge in [-0.2, -0.15) is 0 Å². The maximum absolute atomic E-state index is 12.7. The van der Waals surface area contributed by atoms with Crippen molar-refractivity contribution < 1.29 is 4.79 Å². The Morgan fingerprint density at radius 1 is 1.29 bits per heavy atom. The van der Waals surface area contributed by atoms with Gasteiger partial charge in [0, 0.05) is 42.5 Å². The standard InChI is InChI=1S/C24H31N3O/c1-3-5-7-19(4-2)20-11-9-18(10-12-20)14-27-24(28)23-17-26-16-22(23)21-8-6-13-25-15-21/h4-8,13,15-18,20,26H,3,9-12,14H2,1-2H3,(H,27,28)/b7-5-,19-4+. The number of pyridine rings is 1. The number of rotatable bonds is 7. The summed E-state index contributed by atoms with van der Waals surface area (Å²) in [5, 5.41) is 3.15. The molecule has 4 heteroatoms. The van der Waals surface area contributed by atoms with Crippen LogP contribution in [0, 0.1) is 11.8 Å². The first-order valence-corrected chi connectivity index (χ1v) is 10.4. The van der Waals surface area contributed by atoms with Gasteiger partial charge in [-0.1, -0.05) is 31.2 Å². The number of hydrogen-bond acceptors (Lipinski definition) is 2. The maximum Gasteiger partial charge on any atom is 0.253 e. The van der Waals surface area contributed by atoms with Crippen molar-refractivity contribution in [3.63, 3.8) is 0 Å². The number of H-pyrrole nitrogens is 1. The van der Waals surface area contributed by atoms with Crippen molar-refractivity contribution in [2.45, 2.75) is 46.0 Å². The van der Waals surface area contributed by atoms with Gasteiger partial charge in [-0.3, -0.25) is 9.78 Å². The molecule has 1 aliphatic rings.